The van der Waals surface area contributed by atoms with E-state index in [0.29, 0.717) is 18.8 Å². The van der Waals surface area contributed by atoms with Gasteiger partial charge < -0.3 is 14.9 Å². The molecule has 130 valence electrons. The monoisotopic (exact) mass is 332 g/mol. The van der Waals surface area contributed by atoms with Crippen LogP contribution in [-0.4, -0.2) is 33.9 Å². The van der Waals surface area contributed by atoms with Crippen molar-refractivity contribution in [3.8, 4) is 0 Å². The van der Waals surface area contributed by atoms with Crippen LogP contribution in [0.1, 0.15) is 45.4 Å². The molecule has 8 atom stereocenters. The van der Waals surface area contributed by atoms with Crippen molar-refractivity contribution in [2.45, 2.75) is 57.2 Å². The summed E-state index contributed by atoms with van der Waals surface area (Å²) in [6, 6.07) is 0. The van der Waals surface area contributed by atoms with Gasteiger partial charge in [-0.05, 0) is 50.4 Å². The first-order valence-electron chi connectivity index (χ1n) is 9.06. The number of hydrogen-bond acceptors (Lipinski definition) is 4. The second-order valence-electron chi connectivity index (χ2n) is 9.22. The third kappa shape index (κ3) is 1.36. The van der Waals surface area contributed by atoms with E-state index in [1.807, 2.05) is 6.92 Å². The minimum absolute atomic E-state index is 0.0346. The summed E-state index contributed by atoms with van der Waals surface area (Å²) in [7, 11) is 0. The fourth-order valence-corrected chi connectivity index (χ4v) is 7.78. The van der Waals surface area contributed by atoms with Crippen molar-refractivity contribution in [3.05, 3.63) is 12.2 Å². The number of carbonyl (C=O) groups excluding carboxylic acids is 1. The molecule has 0 amide bonds. The first-order valence-corrected chi connectivity index (χ1v) is 9.06. The molecule has 4 aliphatic carbocycles. The number of rotatable bonds is 1. The first-order chi connectivity index (χ1) is 11.2. The van der Waals surface area contributed by atoms with Gasteiger partial charge in [-0.3, -0.25) is 9.59 Å². The molecule has 1 saturated heterocycles. The lowest BCUT2D eigenvalue weighted by atomic mass is 9.59. The van der Waals surface area contributed by atoms with E-state index < -0.39 is 29.0 Å². The Kier molecular flexibility index (Phi) is 2.53. The summed E-state index contributed by atoms with van der Waals surface area (Å²) in [6.07, 6.45) is 3.58. The highest BCUT2D eigenvalue weighted by atomic mass is 16.6. The normalized spacial score (nSPS) is 57.5. The van der Waals surface area contributed by atoms with Crippen LogP contribution in [-0.2, 0) is 14.3 Å². The molecule has 5 rings (SSSR count). The standard InChI is InChI=1S/C19H24O5/c1-9-5-18-6-10(9)3-4-12(18)19-8-11(20)7-17(2,16(23)24-19)14(19)13(18)15(21)22/h10-14,20H,1,3-8H2,2H3,(H,21,22)/t10?,11-,12-,13-,14-,17-,18+,19-/m1/s1. The van der Waals surface area contributed by atoms with Crippen LogP contribution in [0.2, 0.25) is 0 Å². The number of hydrogen-bond donors (Lipinski definition) is 2. The Hall–Kier alpha value is -1.36. The fourth-order valence-electron chi connectivity index (χ4n) is 7.78. The van der Waals surface area contributed by atoms with Gasteiger partial charge in [0, 0.05) is 18.3 Å². The zero-order chi connectivity index (χ0) is 17.1. The summed E-state index contributed by atoms with van der Waals surface area (Å²) in [5.74, 6) is -1.56. The van der Waals surface area contributed by atoms with E-state index in [4.69, 9.17) is 4.74 Å². The topological polar surface area (TPSA) is 83.8 Å². The molecule has 0 aromatic rings. The number of carbonyl (C=O) groups is 2. The van der Waals surface area contributed by atoms with E-state index in [1.165, 1.54) is 5.57 Å². The van der Waals surface area contributed by atoms with Gasteiger partial charge in [-0.25, -0.2) is 0 Å². The predicted molar refractivity (Wildman–Crippen MR) is 83.8 cm³/mol. The van der Waals surface area contributed by atoms with Gasteiger partial charge in [-0.2, -0.15) is 0 Å². The number of fused-ring (bicyclic) bond motifs is 1. The number of carboxylic acids is 1. The van der Waals surface area contributed by atoms with Crippen molar-refractivity contribution < 1.29 is 24.5 Å². The van der Waals surface area contributed by atoms with Crippen molar-refractivity contribution >= 4 is 11.9 Å². The second-order valence-corrected chi connectivity index (χ2v) is 9.22. The summed E-state index contributed by atoms with van der Waals surface area (Å²) in [5.41, 5.74) is -0.844. The van der Waals surface area contributed by atoms with Crippen LogP contribution in [0.15, 0.2) is 12.2 Å². The molecule has 1 heterocycles. The van der Waals surface area contributed by atoms with Crippen molar-refractivity contribution in [1.29, 1.82) is 0 Å². The Balaban J connectivity index is 1.75. The molecule has 5 heteroatoms. The van der Waals surface area contributed by atoms with Gasteiger partial charge in [-0.1, -0.05) is 12.2 Å². The maximum Gasteiger partial charge on any atom is 0.312 e. The van der Waals surface area contributed by atoms with Crippen LogP contribution >= 0.6 is 0 Å². The van der Waals surface area contributed by atoms with E-state index in [-0.39, 0.29) is 23.2 Å². The molecule has 0 aromatic heterocycles. The molecule has 5 fully saturated rings. The maximum atomic E-state index is 12.7. The van der Waals surface area contributed by atoms with Crippen LogP contribution < -0.4 is 0 Å². The van der Waals surface area contributed by atoms with Crippen molar-refractivity contribution in [2.75, 3.05) is 0 Å². The highest BCUT2D eigenvalue weighted by molar-refractivity contribution is 5.84. The number of esters is 1. The summed E-state index contributed by atoms with van der Waals surface area (Å²) in [5, 5.41) is 20.6. The van der Waals surface area contributed by atoms with Crippen molar-refractivity contribution in [2.24, 2.45) is 34.5 Å². The molecule has 2 N–H and O–H groups in total. The number of carboxylic acid groups (broad SMARTS) is 1. The zero-order valence-corrected chi connectivity index (χ0v) is 14.0. The third-order valence-electron chi connectivity index (χ3n) is 8.24. The van der Waals surface area contributed by atoms with Gasteiger partial charge in [0.2, 0.25) is 0 Å². The molecular formula is C19H24O5. The molecule has 1 unspecified atom stereocenters. The minimum atomic E-state index is -0.883. The molecule has 4 bridgehead atoms. The molecule has 0 radical (unpaired) electrons. The lowest BCUT2D eigenvalue weighted by Crippen LogP contribution is -2.51. The van der Waals surface area contributed by atoms with E-state index in [2.05, 4.69) is 6.58 Å². The Bertz CT molecular complexity index is 685. The van der Waals surface area contributed by atoms with E-state index in [1.54, 1.807) is 0 Å². The maximum absolute atomic E-state index is 12.7. The van der Waals surface area contributed by atoms with Crippen LogP contribution in [0.4, 0.5) is 0 Å². The molecule has 5 aliphatic rings. The van der Waals surface area contributed by atoms with Crippen LogP contribution in [0.3, 0.4) is 0 Å². The molecule has 5 nitrogen and oxygen atoms in total. The Morgan fingerprint density at radius 2 is 2.04 bits per heavy atom. The fraction of sp³-hybridized carbons (Fsp3) is 0.789. The highest BCUT2D eigenvalue weighted by Gasteiger charge is 2.82. The molecule has 1 aliphatic heterocycles. The van der Waals surface area contributed by atoms with Gasteiger partial charge in [0.15, 0.2) is 0 Å². The van der Waals surface area contributed by atoms with Crippen molar-refractivity contribution in [1.82, 2.24) is 0 Å². The first kappa shape index (κ1) is 14.9. The average molecular weight is 332 g/mol. The second kappa shape index (κ2) is 4.06. The Labute approximate surface area is 141 Å². The molecular weight excluding hydrogens is 308 g/mol. The largest absolute Gasteiger partial charge is 0.481 e. The molecule has 0 aromatic carbocycles. The third-order valence-corrected chi connectivity index (χ3v) is 8.24. The quantitative estimate of drug-likeness (QED) is 0.568. The Morgan fingerprint density at radius 3 is 2.75 bits per heavy atom. The van der Waals surface area contributed by atoms with Gasteiger partial charge in [0.05, 0.1) is 17.4 Å². The summed E-state index contributed by atoms with van der Waals surface area (Å²) >= 11 is 0. The smallest absolute Gasteiger partial charge is 0.312 e. The number of aliphatic carboxylic acids is 1. The van der Waals surface area contributed by atoms with E-state index >= 15 is 0 Å². The predicted octanol–water partition coefficient (Wildman–Crippen LogP) is 2.14. The van der Waals surface area contributed by atoms with Gasteiger partial charge in [0.25, 0.3) is 0 Å². The SMILES string of the molecule is C=C1C[C@]23CC1CC[C@H]2[C@@]12C[C@H](O)C[C@@](C)(C(=O)O1)[C@H]2[C@@H]3C(=O)O. The lowest BCUT2D eigenvalue weighted by Gasteiger charge is -2.44. The van der Waals surface area contributed by atoms with Gasteiger partial charge in [-0.15, -0.1) is 0 Å². The zero-order valence-electron chi connectivity index (χ0n) is 14.0. The van der Waals surface area contributed by atoms with Gasteiger partial charge in [0.1, 0.15) is 5.60 Å². The van der Waals surface area contributed by atoms with Crippen LogP contribution in [0.25, 0.3) is 0 Å². The lowest BCUT2D eigenvalue weighted by molar-refractivity contribution is -0.161. The number of aliphatic hydroxyl groups excluding tert-OH is 1. The number of aliphatic hydroxyl groups is 1. The minimum Gasteiger partial charge on any atom is -0.481 e. The van der Waals surface area contributed by atoms with Crippen LogP contribution in [0, 0.1) is 34.5 Å². The van der Waals surface area contributed by atoms with E-state index in [0.717, 1.165) is 25.7 Å². The van der Waals surface area contributed by atoms with Crippen molar-refractivity contribution in [3.63, 3.8) is 0 Å². The molecule has 24 heavy (non-hydrogen) atoms. The number of ether oxygens (including phenoxy) is 1. The summed E-state index contributed by atoms with van der Waals surface area (Å²) in [4.78, 5) is 25.1. The van der Waals surface area contributed by atoms with Crippen LogP contribution in [0.5, 0.6) is 0 Å². The van der Waals surface area contributed by atoms with E-state index in [9.17, 15) is 19.8 Å². The summed E-state index contributed by atoms with van der Waals surface area (Å²) < 4.78 is 6.01. The highest BCUT2D eigenvalue weighted by Crippen LogP contribution is 2.77. The molecule has 4 saturated carbocycles. The Morgan fingerprint density at radius 1 is 1.29 bits per heavy atom. The van der Waals surface area contributed by atoms with Gasteiger partial charge >= 0.3 is 11.9 Å². The summed E-state index contributed by atoms with van der Waals surface area (Å²) in [6.45, 7) is 6.03. The average Bonchev–Trinajstić information content (AvgIpc) is 2.92. The molecule has 1 spiro atoms. The number of allylic oxidation sites excluding steroid dienone is 1.